The van der Waals surface area contributed by atoms with Crippen LogP contribution in [0.2, 0.25) is 10.0 Å². The minimum atomic E-state index is -0.363. The van der Waals surface area contributed by atoms with Crippen LogP contribution >= 0.6 is 23.2 Å². The van der Waals surface area contributed by atoms with Crippen LogP contribution in [-0.2, 0) is 0 Å². The molecule has 1 aliphatic rings. The number of benzene rings is 2. The van der Waals surface area contributed by atoms with Crippen LogP contribution in [0.3, 0.4) is 0 Å². The molecule has 0 amide bonds. The number of methoxy groups -OCH3 is 1. The molecule has 1 heterocycles. The molecule has 1 N–H and O–H groups in total. The quantitative estimate of drug-likeness (QED) is 0.840. The van der Waals surface area contributed by atoms with Crippen LogP contribution in [0.25, 0.3) is 0 Å². The summed E-state index contributed by atoms with van der Waals surface area (Å²) in [7, 11) is 1.47. The van der Waals surface area contributed by atoms with Gasteiger partial charge in [0.1, 0.15) is 0 Å². The predicted molar refractivity (Wildman–Crippen MR) is 100 cm³/mol. The summed E-state index contributed by atoms with van der Waals surface area (Å²) in [6.45, 7) is 3.68. The first-order valence-corrected chi connectivity index (χ1v) is 9.09. The Hall–Kier alpha value is -1.33. The van der Waals surface area contributed by atoms with Crippen LogP contribution < -0.4 is 10.1 Å². The third-order valence-corrected chi connectivity index (χ3v) is 5.23. The molecule has 3 rings (SSSR count). The predicted octanol–water partition coefficient (Wildman–Crippen LogP) is 4.53. The Morgan fingerprint density at radius 1 is 1.04 bits per heavy atom. The van der Waals surface area contributed by atoms with E-state index in [2.05, 4.69) is 10.2 Å². The average Bonchev–Trinajstić information content (AvgIpc) is 2.88. The lowest BCUT2D eigenvalue weighted by atomic mass is 9.96. The minimum absolute atomic E-state index is 0.0879. The van der Waals surface area contributed by atoms with Gasteiger partial charge in [-0.25, -0.2) is 4.39 Å². The van der Waals surface area contributed by atoms with Gasteiger partial charge in [-0.15, -0.1) is 0 Å². The fourth-order valence-corrected chi connectivity index (χ4v) is 3.58. The van der Waals surface area contributed by atoms with Gasteiger partial charge in [0, 0.05) is 19.6 Å². The van der Waals surface area contributed by atoms with Crippen molar-refractivity contribution in [2.24, 2.45) is 0 Å². The first kappa shape index (κ1) is 18.5. The van der Waals surface area contributed by atoms with Crippen molar-refractivity contribution in [3.8, 4) is 5.75 Å². The second-order valence-corrected chi connectivity index (χ2v) is 6.92. The van der Waals surface area contributed by atoms with Gasteiger partial charge in [-0.1, -0.05) is 35.3 Å². The Kier molecular flexibility index (Phi) is 6.18. The van der Waals surface area contributed by atoms with Crippen molar-refractivity contribution in [2.45, 2.75) is 12.5 Å². The lowest BCUT2D eigenvalue weighted by Gasteiger charge is -2.31. The van der Waals surface area contributed by atoms with Gasteiger partial charge >= 0.3 is 0 Å². The summed E-state index contributed by atoms with van der Waals surface area (Å²) in [6, 6.07) is 10.7. The zero-order chi connectivity index (χ0) is 17.8. The molecule has 1 atom stereocenters. The van der Waals surface area contributed by atoms with Crippen molar-refractivity contribution >= 4 is 23.2 Å². The normalized spacial score (nSPS) is 17.1. The molecule has 3 nitrogen and oxygen atoms in total. The summed E-state index contributed by atoms with van der Waals surface area (Å²) in [5, 5.41) is 4.42. The molecule has 0 aliphatic carbocycles. The highest BCUT2D eigenvalue weighted by molar-refractivity contribution is 6.42. The molecular formula is C19H21Cl2FN2O. The van der Waals surface area contributed by atoms with Crippen LogP contribution in [0, 0.1) is 5.82 Å². The van der Waals surface area contributed by atoms with E-state index in [-0.39, 0.29) is 17.6 Å². The first-order chi connectivity index (χ1) is 12.1. The second-order valence-electron chi connectivity index (χ2n) is 6.11. The zero-order valence-corrected chi connectivity index (χ0v) is 15.6. The van der Waals surface area contributed by atoms with E-state index in [0.717, 1.165) is 43.7 Å². The van der Waals surface area contributed by atoms with Crippen molar-refractivity contribution in [3.63, 3.8) is 0 Å². The van der Waals surface area contributed by atoms with Crippen LogP contribution in [-0.4, -0.2) is 38.2 Å². The van der Waals surface area contributed by atoms with Crippen molar-refractivity contribution in [1.82, 2.24) is 10.2 Å². The van der Waals surface area contributed by atoms with Gasteiger partial charge in [0.15, 0.2) is 11.6 Å². The topological polar surface area (TPSA) is 24.5 Å². The fraction of sp³-hybridized carbons (Fsp3) is 0.368. The Bertz CT molecular complexity index is 733. The summed E-state index contributed by atoms with van der Waals surface area (Å²) in [6.07, 6.45) is 1.04. The van der Waals surface area contributed by atoms with E-state index < -0.39 is 0 Å². The van der Waals surface area contributed by atoms with Crippen LogP contribution in [0.4, 0.5) is 4.39 Å². The maximum atomic E-state index is 14.3. The number of halogens is 3. The largest absolute Gasteiger partial charge is 0.494 e. The number of hydrogen-bond donors (Lipinski definition) is 1. The SMILES string of the molecule is COc1ccc(C(c2ccc(Cl)c(Cl)c2)N2CCCNCC2)cc1F. The minimum Gasteiger partial charge on any atom is -0.494 e. The Labute approximate surface area is 157 Å². The molecule has 2 aromatic carbocycles. The van der Waals surface area contributed by atoms with Gasteiger partial charge in [-0.2, -0.15) is 0 Å². The van der Waals surface area contributed by atoms with Crippen LogP contribution in [0.5, 0.6) is 5.75 Å². The molecular weight excluding hydrogens is 362 g/mol. The lowest BCUT2D eigenvalue weighted by molar-refractivity contribution is 0.240. The molecule has 25 heavy (non-hydrogen) atoms. The first-order valence-electron chi connectivity index (χ1n) is 8.33. The number of hydrogen-bond acceptors (Lipinski definition) is 3. The van der Waals surface area contributed by atoms with Gasteiger partial charge in [0.25, 0.3) is 0 Å². The highest BCUT2D eigenvalue weighted by atomic mass is 35.5. The lowest BCUT2D eigenvalue weighted by Crippen LogP contribution is -2.33. The maximum absolute atomic E-state index is 14.3. The van der Waals surface area contributed by atoms with E-state index in [0.29, 0.717) is 10.0 Å². The van der Waals surface area contributed by atoms with Crippen LogP contribution in [0.15, 0.2) is 36.4 Å². The molecule has 0 spiro atoms. The molecule has 0 radical (unpaired) electrons. The highest BCUT2D eigenvalue weighted by Gasteiger charge is 2.24. The molecule has 6 heteroatoms. The number of nitrogens with zero attached hydrogens (tertiary/aromatic N) is 1. The van der Waals surface area contributed by atoms with E-state index in [1.165, 1.54) is 7.11 Å². The Morgan fingerprint density at radius 2 is 1.80 bits per heavy atom. The number of nitrogens with one attached hydrogen (secondary N) is 1. The van der Waals surface area contributed by atoms with E-state index in [1.54, 1.807) is 18.2 Å². The summed E-state index contributed by atoms with van der Waals surface area (Å²) < 4.78 is 19.4. The Balaban J connectivity index is 2.04. The summed E-state index contributed by atoms with van der Waals surface area (Å²) in [5.41, 5.74) is 1.87. The monoisotopic (exact) mass is 382 g/mol. The Morgan fingerprint density at radius 3 is 2.52 bits per heavy atom. The molecule has 2 aromatic rings. The third kappa shape index (κ3) is 4.26. The zero-order valence-electron chi connectivity index (χ0n) is 14.1. The van der Waals surface area contributed by atoms with Gasteiger partial charge in [0.2, 0.25) is 0 Å². The van der Waals surface area contributed by atoms with Crippen molar-refractivity contribution < 1.29 is 9.13 Å². The molecule has 0 bridgehead atoms. The summed E-state index contributed by atoms with van der Waals surface area (Å²) in [4.78, 5) is 2.35. The fourth-order valence-electron chi connectivity index (χ4n) is 3.27. The molecule has 1 saturated heterocycles. The number of ether oxygens (including phenoxy) is 1. The van der Waals surface area contributed by atoms with Crippen molar-refractivity contribution in [1.29, 1.82) is 0 Å². The van der Waals surface area contributed by atoms with Gasteiger partial charge in [-0.3, -0.25) is 4.90 Å². The van der Waals surface area contributed by atoms with E-state index in [1.807, 2.05) is 18.2 Å². The van der Waals surface area contributed by atoms with Gasteiger partial charge in [-0.05, 0) is 48.4 Å². The van der Waals surface area contributed by atoms with Crippen molar-refractivity contribution in [3.05, 3.63) is 63.4 Å². The summed E-state index contributed by atoms with van der Waals surface area (Å²) >= 11 is 12.3. The molecule has 1 fully saturated rings. The third-order valence-electron chi connectivity index (χ3n) is 4.49. The smallest absolute Gasteiger partial charge is 0.165 e. The second kappa shape index (κ2) is 8.37. The maximum Gasteiger partial charge on any atom is 0.165 e. The molecule has 134 valence electrons. The molecule has 0 saturated carbocycles. The van der Waals surface area contributed by atoms with Gasteiger partial charge in [0.05, 0.1) is 23.2 Å². The van der Waals surface area contributed by atoms with E-state index >= 15 is 0 Å². The van der Waals surface area contributed by atoms with E-state index in [9.17, 15) is 4.39 Å². The molecule has 1 aliphatic heterocycles. The highest BCUT2D eigenvalue weighted by Crippen LogP contribution is 2.34. The van der Waals surface area contributed by atoms with Crippen LogP contribution in [0.1, 0.15) is 23.6 Å². The average molecular weight is 383 g/mol. The van der Waals surface area contributed by atoms with Gasteiger partial charge < -0.3 is 10.1 Å². The molecule has 0 aromatic heterocycles. The van der Waals surface area contributed by atoms with Crippen molar-refractivity contribution in [2.75, 3.05) is 33.3 Å². The van der Waals surface area contributed by atoms with E-state index in [4.69, 9.17) is 27.9 Å². The number of rotatable bonds is 4. The standard InChI is InChI=1S/C19H21Cl2FN2O/c1-25-18-6-4-14(12-17(18)22)19(24-9-2-7-23-8-10-24)13-3-5-15(20)16(21)11-13/h3-6,11-12,19,23H,2,7-10H2,1H3. The summed E-state index contributed by atoms with van der Waals surface area (Å²) in [5.74, 6) is -0.118. The molecule has 1 unspecified atom stereocenters.